The molecule has 11 heteroatoms. The Bertz CT molecular complexity index is 1300. The second-order valence-electron chi connectivity index (χ2n) is 6.98. The third-order valence-electron chi connectivity index (χ3n) is 4.75. The average molecular weight is 462 g/mol. The van der Waals surface area contributed by atoms with Gasteiger partial charge in [0.25, 0.3) is 0 Å². The summed E-state index contributed by atoms with van der Waals surface area (Å²) in [4.78, 5) is 7.74. The van der Waals surface area contributed by atoms with Gasteiger partial charge in [0.2, 0.25) is 0 Å². The molecule has 1 N–H and O–H groups in total. The lowest BCUT2D eigenvalue weighted by atomic mass is 10.1. The number of ether oxygens (including phenoxy) is 1. The third kappa shape index (κ3) is 4.92. The van der Waals surface area contributed by atoms with Gasteiger partial charge < -0.3 is 15.3 Å². The van der Waals surface area contributed by atoms with E-state index in [9.17, 15) is 27.2 Å². The Balaban J connectivity index is 1.43. The SMILES string of the molecule is [O-][n+]1ccc(Oc2ccc(CCNc3ncnc4c(F)ccc(F)c34)cc2)c(C(F)(F)F)c1. The summed E-state index contributed by atoms with van der Waals surface area (Å²) in [6.07, 6.45) is -1.84. The maximum absolute atomic E-state index is 14.1. The number of hydrogen-bond acceptors (Lipinski definition) is 5. The minimum absolute atomic E-state index is 0.0485. The topological polar surface area (TPSA) is 74.0 Å². The van der Waals surface area contributed by atoms with Crippen LogP contribution in [0.2, 0.25) is 0 Å². The maximum atomic E-state index is 14.1. The molecule has 2 aromatic heterocycles. The van der Waals surface area contributed by atoms with Gasteiger partial charge in [-0.15, -0.1) is 0 Å². The molecular weight excluding hydrogens is 447 g/mol. The van der Waals surface area contributed by atoms with Gasteiger partial charge in [0.15, 0.2) is 23.7 Å². The van der Waals surface area contributed by atoms with E-state index < -0.39 is 29.1 Å². The predicted octanol–water partition coefficient (Wildman–Crippen LogP) is 5.01. The van der Waals surface area contributed by atoms with Gasteiger partial charge in [0, 0.05) is 12.6 Å². The maximum Gasteiger partial charge on any atom is 0.425 e. The summed E-state index contributed by atoms with van der Waals surface area (Å²) in [7, 11) is 0. The van der Waals surface area contributed by atoms with Crippen molar-refractivity contribution < 1.29 is 31.4 Å². The van der Waals surface area contributed by atoms with Crippen molar-refractivity contribution in [3.8, 4) is 11.5 Å². The number of nitrogens with one attached hydrogen (secondary N) is 1. The lowest BCUT2D eigenvalue weighted by Crippen LogP contribution is -2.27. The van der Waals surface area contributed by atoms with Crippen LogP contribution in [0.15, 0.2) is 61.2 Å². The van der Waals surface area contributed by atoms with Gasteiger partial charge in [-0.2, -0.15) is 17.9 Å². The van der Waals surface area contributed by atoms with Gasteiger partial charge in [0.05, 0.1) is 5.39 Å². The molecule has 0 fully saturated rings. The van der Waals surface area contributed by atoms with E-state index in [1.807, 2.05) is 0 Å². The highest BCUT2D eigenvalue weighted by Gasteiger charge is 2.37. The zero-order chi connectivity index (χ0) is 23.6. The molecule has 4 aromatic rings. The van der Waals surface area contributed by atoms with Gasteiger partial charge in [-0.1, -0.05) is 12.1 Å². The predicted molar refractivity (Wildman–Crippen MR) is 109 cm³/mol. The van der Waals surface area contributed by atoms with E-state index in [1.54, 1.807) is 12.1 Å². The second kappa shape index (κ2) is 8.85. The van der Waals surface area contributed by atoms with E-state index in [4.69, 9.17) is 4.74 Å². The highest BCUT2D eigenvalue weighted by Crippen LogP contribution is 2.37. The summed E-state index contributed by atoms with van der Waals surface area (Å²) in [5, 5.41) is 14.1. The summed E-state index contributed by atoms with van der Waals surface area (Å²) in [5.41, 5.74) is -0.508. The number of alkyl halides is 3. The van der Waals surface area contributed by atoms with Gasteiger partial charge in [-0.05, 0) is 36.2 Å². The fourth-order valence-corrected chi connectivity index (χ4v) is 3.18. The van der Waals surface area contributed by atoms with E-state index >= 15 is 0 Å². The Morgan fingerprint density at radius 3 is 2.42 bits per heavy atom. The van der Waals surface area contributed by atoms with Crippen LogP contribution >= 0.6 is 0 Å². The molecule has 0 aliphatic carbocycles. The number of anilines is 1. The summed E-state index contributed by atoms with van der Waals surface area (Å²) < 4.78 is 72.7. The third-order valence-corrected chi connectivity index (χ3v) is 4.75. The number of benzene rings is 2. The first kappa shape index (κ1) is 22.2. The molecule has 0 radical (unpaired) electrons. The first-order valence-electron chi connectivity index (χ1n) is 9.62. The first-order valence-corrected chi connectivity index (χ1v) is 9.62. The number of aromatic nitrogens is 3. The number of halogens is 5. The van der Waals surface area contributed by atoms with Crippen molar-refractivity contribution in [3.63, 3.8) is 0 Å². The van der Waals surface area contributed by atoms with E-state index in [-0.39, 0.29) is 27.2 Å². The highest BCUT2D eigenvalue weighted by atomic mass is 19.4. The fraction of sp³-hybridized carbons (Fsp3) is 0.136. The van der Waals surface area contributed by atoms with Crippen molar-refractivity contribution in [2.45, 2.75) is 12.6 Å². The number of nitrogens with zero attached hydrogens (tertiary/aromatic N) is 3. The highest BCUT2D eigenvalue weighted by molar-refractivity contribution is 5.89. The molecule has 0 spiro atoms. The van der Waals surface area contributed by atoms with Crippen LogP contribution in [0.4, 0.5) is 27.8 Å². The lowest BCUT2D eigenvalue weighted by molar-refractivity contribution is -0.606. The molecule has 0 amide bonds. The average Bonchev–Trinajstić information content (AvgIpc) is 2.78. The molecule has 6 nitrogen and oxygen atoms in total. The summed E-state index contributed by atoms with van der Waals surface area (Å²) in [6, 6.07) is 9.22. The van der Waals surface area contributed by atoms with Crippen molar-refractivity contribution in [1.29, 1.82) is 0 Å². The Morgan fingerprint density at radius 1 is 0.970 bits per heavy atom. The molecular formula is C22H15F5N4O2. The number of hydrogen-bond donors (Lipinski definition) is 1. The molecule has 0 unspecified atom stereocenters. The Labute approximate surface area is 183 Å². The van der Waals surface area contributed by atoms with E-state index in [0.717, 1.165) is 36.3 Å². The van der Waals surface area contributed by atoms with E-state index in [2.05, 4.69) is 15.3 Å². The Morgan fingerprint density at radius 2 is 1.70 bits per heavy atom. The normalized spacial score (nSPS) is 11.5. The molecule has 4 rings (SSSR count). The molecule has 170 valence electrons. The molecule has 0 saturated heterocycles. The molecule has 0 atom stereocenters. The van der Waals surface area contributed by atoms with Crippen molar-refractivity contribution >= 4 is 16.7 Å². The van der Waals surface area contributed by atoms with Crippen LogP contribution in [0, 0.1) is 16.8 Å². The van der Waals surface area contributed by atoms with Gasteiger partial charge in [-0.25, -0.2) is 18.7 Å². The molecule has 2 heterocycles. The van der Waals surface area contributed by atoms with Gasteiger partial charge in [0.1, 0.15) is 35.0 Å². The largest absolute Gasteiger partial charge is 0.619 e. The first-order chi connectivity index (χ1) is 15.7. The van der Waals surface area contributed by atoms with Crippen LogP contribution in [-0.4, -0.2) is 16.5 Å². The number of fused-ring (bicyclic) bond motifs is 1. The molecule has 0 saturated carbocycles. The zero-order valence-corrected chi connectivity index (χ0v) is 16.7. The molecule has 0 bridgehead atoms. The van der Waals surface area contributed by atoms with Crippen LogP contribution in [0.1, 0.15) is 11.1 Å². The van der Waals surface area contributed by atoms with E-state index in [0.29, 0.717) is 19.2 Å². The van der Waals surface area contributed by atoms with E-state index in [1.165, 1.54) is 12.1 Å². The zero-order valence-electron chi connectivity index (χ0n) is 16.7. The Hall–Kier alpha value is -4.02. The fourth-order valence-electron chi connectivity index (χ4n) is 3.18. The molecule has 33 heavy (non-hydrogen) atoms. The van der Waals surface area contributed by atoms with Crippen LogP contribution in [0.5, 0.6) is 11.5 Å². The van der Waals surface area contributed by atoms with Crippen LogP contribution in [-0.2, 0) is 12.6 Å². The molecule has 0 aliphatic heterocycles. The summed E-state index contributed by atoms with van der Waals surface area (Å²) in [6.45, 7) is 0.322. The smallest absolute Gasteiger partial charge is 0.425 e. The van der Waals surface area contributed by atoms with Crippen LogP contribution in [0.25, 0.3) is 10.9 Å². The minimum Gasteiger partial charge on any atom is -0.619 e. The second-order valence-corrected chi connectivity index (χ2v) is 6.98. The van der Waals surface area contributed by atoms with Crippen molar-refractivity contribution in [2.75, 3.05) is 11.9 Å². The minimum atomic E-state index is -4.75. The van der Waals surface area contributed by atoms with Crippen molar-refractivity contribution in [3.05, 3.63) is 89.2 Å². The summed E-state index contributed by atoms with van der Waals surface area (Å²) in [5.74, 6) is -1.51. The monoisotopic (exact) mass is 462 g/mol. The lowest BCUT2D eigenvalue weighted by Gasteiger charge is -2.13. The number of pyridine rings is 1. The van der Waals surface area contributed by atoms with Gasteiger partial charge in [-0.3, -0.25) is 0 Å². The standard InChI is InChI=1S/C22H15F5N4O2/c23-16-5-6-17(24)20-19(16)21(30-12-29-20)28-9-7-13-1-3-14(4-2-13)33-18-8-10-31(32)11-15(18)22(25,26)27/h1-6,8,10-12H,7,9H2,(H,28,29,30). The summed E-state index contributed by atoms with van der Waals surface area (Å²) >= 11 is 0. The van der Waals surface area contributed by atoms with Crippen LogP contribution < -0.4 is 14.8 Å². The quantitative estimate of drug-likeness (QED) is 0.248. The Kier molecular flexibility index (Phi) is 5.95. The van der Waals surface area contributed by atoms with Crippen molar-refractivity contribution in [2.24, 2.45) is 0 Å². The molecule has 2 aromatic carbocycles. The molecule has 0 aliphatic rings. The van der Waals surface area contributed by atoms with Crippen LogP contribution in [0.3, 0.4) is 0 Å². The van der Waals surface area contributed by atoms with Crippen molar-refractivity contribution in [1.82, 2.24) is 9.97 Å². The number of rotatable bonds is 6. The van der Waals surface area contributed by atoms with Gasteiger partial charge >= 0.3 is 6.18 Å².